The van der Waals surface area contributed by atoms with Gasteiger partial charge in [0.2, 0.25) is 0 Å². The van der Waals surface area contributed by atoms with E-state index in [1.54, 1.807) is 7.11 Å². The zero-order chi connectivity index (χ0) is 14.0. The highest BCUT2D eigenvalue weighted by atomic mass is 16.5. The Kier molecular flexibility index (Phi) is 3.90. The van der Waals surface area contributed by atoms with E-state index in [4.69, 9.17) is 10.5 Å². The summed E-state index contributed by atoms with van der Waals surface area (Å²) in [6.45, 7) is 4.74. The average Bonchev–Trinajstić information content (AvgIpc) is 2.71. The zero-order valence-electron chi connectivity index (χ0n) is 12.0. The maximum atomic E-state index is 5.68. The molecule has 0 radical (unpaired) electrons. The topological polar surface area (TPSA) is 53.1 Å². The smallest absolute Gasteiger partial charge is 0.124 e. The fourth-order valence-corrected chi connectivity index (χ4v) is 2.54. The number of nitrogens with two attached hydrogens (primary N) is 1. The number of methoxy groups -OCH3 is 1. The molecule has 0 fully saturated rings. The van der Waals surface area contributed by atoms with Gasteiger partial charge in [-0.05, 0) is 43.7 Å². The normalized spacial score (nSPS) is 10.8. The molecule has 0 saturated carbocycles. The number of hydrogen-bond donors (Lipinski definition) is 1. The first-order valence-corrected chi connectivity index (χ1v) is 6.44. The third-order valence-electron chi connectivity index (χ3n) is 3.38. The minimum absolute atomic E-state index is 0.626. The minimum Gasteiger partial charge on any atom is -0.496 e. The molecule has 0 aliphatic rings. The van der Waals surface area contributed by atoms with Crippen LogP contribution in [0.5, 0.6) is 5.75 Å². The van der Waals surface area contributed by atoms with Gasteiger partial charge in [0.15, 0.2) is 0 Å². The summed E-state index contributed by atoms with van der Waals surface area (Å²) in [4.78, 5) is 4.51. The van der Waals surface area contributed by atoms with Crippen LogP contribution in [0, 0.1) is 13.8 Å². The molecule has 4 nitrogen and oxygen atoms in total. The predicted octanol–water partition coefficient (Wildman–Crippen LogP) is 2.21. The minimum atomic E-state index is 0.626. The Labute approximate surface area is 114 Å². The van der Waals surface area contributed by atoms with Gasteiger partial charge in [0.25, 0.3) is 0 Å². The van der Waals surface area contributed by atoms with E-state index in [-0.39, 0.29) is 0 Å². The number of benzene rings is 1. The quantitative estimate of drug-likeness (QED) is 0.916. The van der Waals surface area contributed by atoms with Crippen LogP contribution in [0.3, 0.4) is 0 Å². The Hall–Kier alpha value is -1.81. The second kappa shape index (κ2) is 5.45. The van der Waals surface area contributed by atoms with Crippen LogP contribution in [-0.4, -0.2) is 23.2 Å². The number of hydrogen-bond acceptors (Lipinski definition) is 3. The molecule has 0 aliphatic carbocycles. The molecule has 0 unspecified atom stereocenters. The Bertz CT molecular complexity index is 564. The number of imidazole rings is 1. The van der Waals surface area contributed by atoms with E-state index in [9.17, 15) is 0 Å². The average molecular weight is 259 g/mol. The molecule has 1 heterocycles. The second-order valence-corrected chi connectivity index (χ2v) is 4.83. The van der Waals surface area contributed by atoms with Crippen molar-refractivity contribution in [3.05, 3.63) is 35.3 Å². The van der Waals surface area contributed by atoms with Gasteiger partial charge in [-0.2, -0.15) is 0 Å². The lowest BCUT2D eigenvalue weighted by Gasteiger charge is -2.11. The molecule has 0 bridgehead atoms. The fraction of sp³-hybridized carbons (Fsp3) is 0.400. The summed E-state index contributed by atoms with van der Waals surface area (Å²) >= 11 is 0. The molecule has 2 N–H and O–H groups in total. The van der Waals surface area contributed by atoms with Gasteiger partial charge in [0, 0.05) is 24.7 Å². The molecule has 19 heavy (non-hydrogen) atoms. The van der Waals surface area contributed by atoms with Crippen LogP contribution in [0.1, 0.15) is 16.8 Å². The highest BCUT2D eigenvalue weighted by Crippen LogP contribution is 2.30. The summed E-state index contributed by atoms with van der Waals surface area (Å²) in [5.74, 6) is 0.944. The maximum Gasteiger partial charge on any atom is 0.124 e. The van der Waals surface area contributed by atoms with E-state index in [0.29, 0.717) is 6.54 Å². The van der Waals surface area contributed by atoms with E-state index in [1.165, 1.54) is 5.69 Å². The second-order valence-electron chi connectivity index (χ2n) is 4.83. The molecule has 4 heteroatoms. The standard InChI is InChI=1S/C15H21N3O/c1-10-7-12(8-11(2)15(10)19-4)14-13(5-6-16)18(3)9-17-14/h7-9H,5-6,16H2,1-4H3. The first kappa shape index (κ1) is 13.6. The van der Waals surface area contributed by atoms with E-state index in [1.807, 2.05) is 17.9 Å². The van der Waals surface area contributed by atoms with Crippen molar-refractivity contribution in [3.8, 4) is 17.0 Å². The molecule has 1 aromatic heterocycles. The highest BCUT2D eigenvalue weighted by molar-refractivity contribution is 5.66. The molecule has 1 aromatic carbocycles. The van der Waals surface area contributed by atoms with Crippen LogP contribution in [0.2, 0.25) is 0 Å². The van der Waals surface area contributed by atoms with E-state index < -0.39 is 0 Å². The summed E-state index contributed by atoms with van der Waals surface area (Å²) in [5, 5.41) is 0. The Morgan fingerprint density at radius 3 is 2.42 bits per heavy atom. The van der Waals surface area contributed by atoms with Crippen molar-refractivity contribution in [2.45, 2.75) is 20.3 Å². The predicted molar refractivity (Wildman–Crippen MR) is 77.4 cm³/mol. The van der Waals surface area contributed by atoms with Crippen LogP contribution in [0.15, 0.2) is 18.5 Å². The lowest BCUT2D eigenvalue weighted by atomic mass is 10.0. The number of ether oxygens (including phenoxy) is 1. The maximum absolute atomic E-state index is 5.68. The Morgan fingerprint density at radius 1 is 1.26 bits per heavy atom. The number of rotatable bonds is 4. The third-order valence-corrected chi connectivity index (χ3v) is 3.38. The summed E-state index contributed by atoms with van der Waals surface area (Å²) in [6, 6.07) is 4.24. The van der Waals surface area contributed by atoms with E-state index in [2.05, 4.69) is 31.0 Å². The van der Waals surface area contributed by atoms with E-state index in [0.717, 1.165) is 34.6 Å². The van der Waals surface area contributed by atoms with Gasteiger partial charge in [-0.25, -0.2) is 4.98 Å². The van der Waals surface area contributed by atoms with Crippen molar-refractivity contribution in [1.82, 2.24) is 9.55 Å². The summed E-state index contributed by atoms with van der Waals surface area (Å²) < 4.78 is 7.44. The van der Waals surface area contributed by atoms with Crippen LogP contribution in [-0.2, 0) is 13.5 Å². The SMILES string of the molecule is COc1c(C)cc(-c2ncn(C)c2CCN)cc1C. The van der Waals surface area contributed by atoms with Crippen molar-refractivity contribution in [3.63, 3.8) is 0 Å². The fourth-order valence-electron chi connectivity index (χ4n) is 2.54. The van der Waals surface area contributed by atoms with Crippen molar-refractivity contribution in [2.24, 2.45) is 12.8 Å². The molecule has 0 aliphatic heterocycles. The van der Waals surface area contributed by atoms with Gasteiger partial charge >= 0.3 is 0 Å². The molecular weight excluding hydrogens is 238 g/mol. The lowest BCUT2D eigenvalue weighted by molar-refractivity contribution is 0.408. The van der Waals surface area contributed by atoms with Gasteiger partial charge in [0.1, 0.15) is 5.75 Å². The van der Waals surface area contributed by atoms with Crippen LogP contribution in [0.25, 0.3) is 11.3 Å². The largest absolute Gasteiger partial charge is 0.496 e. The Morgan fingerprint density at radius 2 is 1.89 bits per heavy atom. The summed E-state index contributed by atoms with van der Waals surface area (Å²) in [7, 11) is 3.71. The molecule has 2 rings (SSSR count). The highest BCUT2D eigenvalue weighted by Gasteiger charge is 2.13. The molecular formula is C15H21N3O. The van der Waals surface area contributed by atoms with Gasteiger partial charge in [-0.1, -0.05) is 0 Å². The lowest BCUT2D eigenvalue weighted by Crippen LogP contribution is -2.07. The van der Waals surface area contributed by atoms with E-state index >= 15 is 0 Å². The van der Waals surface area contributed by atoms with Crippen molar-refractivity contribution in [2.75, 3.05) is 13.7 Å². The summed E-state index contributed by atoms with van der Waals surface area (Å²) in [6.07, 6.45) is 2.67. The first-order chi connectivity index (χ1) is 9.08. The van der Waals surface area contributed by atoms with Crippen LogP contribution in [0.4, 0.5) is 0 Å². The van der Waals surface area contributed by atoms with Gasteiger partial charge < -0.3 is 15.0 Å². The number of nitrogens with zero attached hydrogens (tertiary/aromatic N) is 2. The summed E-state index contributed by atoms with van der Waals surface area (Å²) in [5.41, 5.74) is 11.2. The number of aryl methyl sites for hydroxylation is 3. The van der Waals surface area contributed by atoms with Crippen LogP contribution < -0.4 is 10.5 Å². The molecule has 0 atom stereocenters. The van der Waals surface area contributed by atoms with Crippen molar-refractivity contribution >= 4 is 0 Å². The molecule has 0 spiro atoms. The third kappa shape index (κ3) is 2.49. The molecule has 102 valence electrons. The monoisotopic (exact) mass is 259 g/mol. The zero-order valence-corrected chi connectivity index (χ0v) is 12.0. The molecule has 2 aromatic rings. The van der Waals surface area contributed by atoms with Gasteiger partial charge in [0.05, 0.1) is 19.1 Å². The van der Waals surface area contributed by atoms with Gasteiger partial charge in [-0.3, -0.25) is 0 Å². The molecule has 0 amide bonds. The van der Waals surface area contributed by atoms with Crippen LogP contribution >= 0.6 is 0 Å². The van der Waals surface area contributed by atoms with Crippen molar-refractivity contribution in [1.29, 1.82) is 0 Å². The molecule has 0 saturated heterocycles. The van der Waals surface area contributed by atoms with Gasteiger partial charge in [-0.15, -0.1) is 0 Å². The Balaban J connectivity index is 2.53. The number of aromatic nitrogens is 2. The van der Waals surface area contributed by atoms with Crippen molar-refractivity contribution < 1.29 is 4.74 Å². The first-order valence-electron chi connectivity index (χ1n) is 6.44.